The lowest BCUT2D eigenvalue weighted by Gasteiger charge is -2.14. The SMILES string of the molecule is C=COCC(C)OC(=O)c1cccc(C(=O)OC(C)COC=C)c1. The maximum absolute atomic E-state index is 12.1. The largest absolute Gasteiger partial charge is 0.498 e. The van der Waals surface area contributed by atoms with Gasteiger partial charge < -0.3 is 18.9 Å². The molecule has 0 spiro atoms. The number of rotatable bonds is 10. The van der Waals surface area contributed by atoms with Gasteiger partial charge in [-0.3, -0.25) is 0 Å². The summed E-state index contributed by atoms with van der Waals surface area (Å²) < 4.78 is 20.4. The average molecular weight is 334 g/mol. The molecule has 1 aromatic carbocycles. The van der Waals surface area contributed by atoms with Gasteiger partial charge in [0.15, 0.2) is 0 Å². The quantitative estimate of drug-likeness (QED) is 0.484. The number of esters is 2. The molecule has 6 nitrogen and oxygen atoms in total. The Labute approximate surface area is 141 Å². The average Bonchev–Trinajstić information content (AvgIpc) is 2.58. The molecule has 0 saturated carbocycles. The fourth-order valence-electron chi connectivity index (χ4n) is 1.75. The van der Waals surface area contributed by atoms with E-state index in [0.29, 0.717) is 0 Å². The van der Waals surface area contributed by atoms with E-state index in [1.165, 1.54) is 18.6 Å². The smallest absolute Gasteiger partial charge is 0.338 e. The Bertz CT molecular complexity index is 533. The van der Waals surface area contributed by atoms with Crippen LogP contribution < -0.4 is 0 Å². The van der Waals surface area contributed by atoms with Crippen LogP contribution >= 0.6 is 0 Å². The third kappa shape index (κ3) is 6.56. The van der Waals surface area contributed by atoms with Crippen LogP contribution in [-0.2, 0) is 18.9 Å². The van der Waals surface area contributed by atoms with Crippen LogP contribution in [0.2, 0.25) is 0 Å². The van der Waals surface area contributed by atoms with Gasteiger partial charge in [-0.1, -0.05) is 19.2 Å². The van der Waals surface area contributed by atoms with E-state index in [2.05, 4.69) is 13.2 Å². The van der Waals surface area contributed by atoms with Crippen molar-refractivity contribution < 1.29 is 28.5 Å². The molecule has 0 N–H and O–H groups in total. The van der Waals surface area contributed by atoms with Gasteiger partial charge in [0, 0.05) is 0 Å². The number of ether oxygens (including phenoxy) is 4. The topological polar surface area (TPSA) is 71.1 Å². The zero-order chi connectivity index (χ0) is 17.9. The van der Waals surface area contributed by atoms with Crippen molar-refractivity contribution in [3.63, 3.8) is 0 Å². The Hall–Kier alpha value is -2.76. The summed E-state index contributed by atoms with van der Waals surface area (Å²) in [6.07, 6.45) is 1.67. The molecule has 0 aliphatic heterocycles. The summed E-state index contributed by atoms with van der Waals surface area (Å²) >= 11 is 0. The van der Waals surface area contributed by atoms with Crippen LogP contribution in [0.3, 0.4) is 0 Å². The van der Waals surface area contributed by atoms with Gasteiger partial charge in [-0.2, -0.15) is 0 Å². The minimum atomic E-state index is -0.548. The van der Waals surface area contributed by atoms with Crippen LogP contribution in [0.25, 0.3) is 0 Å². The fraction of sp³-hybridized carbons (Fsp3) is 0.333. The third-order valence-corrected chi connectivity index (χ3v) is 2.85. The zero-order valence-electron chi connectivity index (χ0n) is 13.9. The van der Waals surface area contributed by atoms with Gasteiger partial charge in [0.2, 0.25) is 0 Å². The first-order valence-corrected chi connectivity index (χ1v) is 7.45. The molecule has 0 fully saturated rings. The maximum Gasteiger partial charge on any atom is 0.338 e. The van der Waals surface area contributed by atoms with E-state index in [9.17, 15) is 9.59 Å². The first-order chi connectivity index (χ1) is 11.5. The summed E-state index contributed by atoms with van der Waals surface area (Å²) in [6, 6.07) is 6.13. The third-order valence-electron chi connectivity index (χ3n) is 2.85. The van der Waals surface area contributed by atoms with Crippen molar-refractivity contribution in [3.05, 3.63) is 61.1 Å². The monoisotopic (exact) mass is 334 g/mol. The Morgan fingerprint density at radius 2 is 1.38 bits per heavy atom. The predicted molar refractivity (Wildman–Crippen MR) is 88.5 cm³/mol. The van der Waals surface area contributed by atoms with Crippen molar-refractivity contribution in [3.8, 4) is 0 Å². The van der Waals surface area contributed by atoms with Gasteiger partial charge in [-0.05, 0) is 32.0 Å². The lowest BCUT2D eigenvalue weighted by Crippen LogP contribution is -2.21. The summed E-state index contributed by atoms with van der Waals surface area (Å²) in [5.41, 5.74) is 0.509. The lowest BCUT2D eigenvalue weighted by molar-refractivity contribution is 0.0172. The minimum absolute atomic E-state index is 0.206. The van der Waals surface area contributed by atoms with Gasteiger partial charge in [0.1, 0.15) is 25.4 Å². The Morgan fingerprint density at radius 1 is 0.958 bits per heavy atom. The van der Waals surface area contributed by atoms with Crippen LogP contribution in [0, 0.1) is 0 Å². The molecule has 0 aromatic heterocycles. The Kier molecular flexibility index (Phi) is 8.11. The molecule has 0 aliphatic rings. The molecule has 0 amide bonds. The molecule has 1 rings (SSSR count). The van der Waals surface area contributed by atoms with Gasteiger partial charge in [-0.15, -0.1) is 0 Å². The van der Waals surface area contributed by atoms with E-state index in [1.54, 1.807) is 32.0 Å². The van der Waals surface area contributed by atoms with Crippen LogP contribution in [0.4, 0.5) is 0 Å². The van der Waals surface area contributed by atoms with Crippen molar-refractivity contribution in [2.45, 2.75) is 26.1 Å². The summed E-state index contributed by atoms with van der Waals surface area (Å²) in [7, 11) is 0. The molecule has 1 aromatic rings. The van der Waals surface area contributed by atoms with Crippen molar-refractivity contribution in [2.75, 3.05) is 13.2 Å². The first kappa shape index (κ1) is 19.3. The second-order valence-electron chi connectivity index (χ2n) is 5.01. The van der Waals surface area contributed by atoms with Crippen molar-refractivity contribution in [2.24, 2.45) is 0 Å². The molecule has 130 valence electrons. The summed E-state index contributed by atoms with van der Waals surface area (Å²) in [4.78, 5) is 24.1. The molecule has 0 heterocycles. The van der Waals surface area contributed by atoms with Gasteiger partial charge in [-0.25, -0.2) is 9.59 Å². The Balaban J connectivity index is 2.68. The second-order valence-corrected chi connectivity index (χ2v) is 5.01. The second kappa shape index (κ2) is 10.1. The molecular formula is C18H22O6. The summed E-state index contributed by atoms with van der Waals surface area (Å²) in [5.74, 6) is -1.10. The van der Waals surface area contributed by atoms with E-state index in [1.807, 2.05) is 0 Å². The highest BCUT2D eigenvalue weighted by molar-refractivity contribution is 5.95. The van der Waals surface area contributed by atoms with Crippen LogP contribution in [0.1, 0.15) is 34.6 Å². The molecule has 0 radical (unpaired) electrons. The van der Waals surface area contributed by atoms with E-state index in [4.69, 9.17) is 18.9 Å². The molecule has 0 bridgehead atoms. The van der Waals surface area contributed by atoms with Crippen molar-refractivity contribution in [1.82, 2.24) is 0 Å². The zero-order valence-corrected chi connectivity index (χ0v) is 13.9. The number of benzene rings is 1. The van der Waals surface area contributed by atoms with Gasteiger partial charge in [0.05, 0.1) is 23.7 Å². The van der Waals surface area contributed by atoms with E-state index in [-0.39, 0.29) is 24.3 Å². The minimum Gasteiger partial charge on any atom is -0.498 e. The first-order valence-electron chi connectivity index (χ1n) is 7.45. The van der Waals surface area contributed by atoms with E-state index >= 15 is 0 Å². The lowest BCUT2D eigenvalue weighted by atomic mass is 10.1. The maximum atomic E-state index is 12.1. The van der Waals surface area contributed by atoms with Crippen LogP contribution in [0.15, 0.2) is 49.9 Å². The highest BCUT2D eigenvalue weighted by Crippen LogP contribution is 2.11. The summed E-state index contributed by atoms with van der Waals surface area (Å²) in [6.45, 7) is 10.6. The number of hydrogen-bond acceptors (Lipinski definition) is 6. The molecule has 0 saturated heterocycles. The molecule has 0 aliphatic carbocycles. The van der Waals surface area contributed by atoms with E-state index in [0.717, 1.165) is 0 Å². The number of carbonyl (C=O) groups excluding carboxylic acids is 2. The molecule has 6 heteroatoms. The fourth-order valence-corrected chi connectivity index (χ4v) is 1.75. The molecule has 2 atom stereocenters. The standard InChI is InChI=1S/C18H22O6/c1-5-21-11-13(3)23-17(19)15-8-7-9-16(10-15)18(20)24-14(4)12-22-6-2/h5-10,13-14H,1-2,11-12H2,3-4H3. The van der Waals surface area contributed by atoms with Crippen LogP contribution in [-0.4, -0.2) is 37.4 Å². The van der Waals surface area contributed by atoms with Crippen LogP contribution in [0.5, 0.6) is 0 Å². The highest BCUT2D eigenvalue weighted by atomic mass is 16.6. The number of hydrogen-bond donors (Lipinski definition) is 0. The normalized spacial score (nSPS) is 12.4. The van der Waals surface area contributed by atoms with Crippen molar-refractivity contribution >= 4 is 11.9 Å². The number of carbonyl (C=O) groups is 2. The van der Waals surface area contributed by atoms with Crippen molar-refractivity contribution in [1.29, 1.82) is 0 Å². The Morgan fingerprint density at radius 3 is 1.75 bits per heavy atom. The van der Waals surface area contributed by atoms with E-state index < -0.39 is 24.1 Å². The molecule has 24 heavy (non-hydrogen) atoms. The summed E-state index contributed by atoms with van der Waals surface area (Å²) in [5, 5.41) is 0. The van der Waals surface area contributed by atoms with Gasteiger partial charge >= 0.3 is 11.9 Å². The van der Waals surface area contributed by atoms with Gasteiger partial charge in [0.25, 0.3) is 0 Å². The molecule has 2 unspecified atom stereocenters. The molecular weight excluding hydrogens is 312 g/mol. The highest BCUT2D eigenvalue weighted by Gasteiger charge is 2.16. The predicted octanol–water partition coefficient (Wildman–Crippen LogP) is 3.10.